The van der Waals surface area contributed by atoms with Crippen molar-refractivity contribution in [2.24, 2.45) is 0 Å². The van der Waals surface area contributed by atoms with Crippen LogP contribution in [0, 0.1) is 0 Å². The number of amides is 2. The van der Waals surface area contributed by atoms with E-state index in [-0.39, 0.29) is 16.9 Å². The van der Waals surface area contributed by atoms with Crippen LogP contribution in [0.4, 0.5) is 10.5 Å². The molecule has 2 amide bonds. The summed E-state index contributed by atoms with van der Waals surface area (Å²) in [6, 6.07) is 14.9. The summed E-state index contributed by atoms with van der Waals surface area (Å²) >= 11 is 18.7. The van der Waals surface area contributed by atoms with Crippen LogP contribution in [-0.4, -0.2) is 23.1 Å². The van der Waals surface area contributed by atoms with Crippen molar-refractivity contribution in [2.75, 3.05) is 12.4 Å². The Balaban J connectivity index is 1.88. The fraction of sp³-hybridized carbons (Fsp3) is 0.424. The Labute approximate surface area is 254 Å². The van der Waals surface area contributed by atoms with E-state index in [1.54, 1.807) is 30.1 Å². The number of halogens is 3. The van der Waals surface area contributed by atoms with Crippen molar-refractivity contribution in [1.82, 2.24) is 4.90 Å². The highest BCUT2D eigenvalue weighted by atomic mass is 35.5. The minimum Gasteiger partial charge on any atom is -0.507 e. The molecule has 7 heteroatoms. The molecular formula is C33H41Cl3N2O2. The van der Waals surface area contributed by atoms with Crippen LogP contribution in [0.25, 0.3) is 0 Å². The highest BCUT2D eigenvalue weighted by Gasteiger charge is 2.31. The fourth-order valence-electron chi connectivity index (χ4n) is 4.67. The third kappa shape index (κ3) is 7.26. The molecule has 0 fully saturated rings. The summed E-state index contributed by atoms with van der Waals surface area (Å²) in [4.78, 5) is 15.1. The number of urea groups is 1. The van der Waals surface area contributed by atoms with Crippen LogP contribution >= 0.6 is 34.8 Å². The van der Waals surface area contributed by atoms with Crippen LogP contribution in [0.5, 0.6) is 5.75 Å². The molecule has 0 aromatic heterocycles. The van der Waals surface area contributed by atoms with Crippen LogP contribution in [0.2, 0.25) is 15.1 Å². The zero-order chi connectivity index (χ0) is 30.2. The number of hydrogen-bond donors (Lipinski definition) is 2. The summed E-state index contributed by atoms with van der Waals surface area (Å²) in [5, 5.41) is 15.6. The molecule has 0 aliphatic rings. The molecule has 4 nitrogen and oxygen atoms in total. The second-order valence-corrected chi connectivity index (χ2v) is 14.3. The van der Waals surface area contributed by atoms with E-state index in [0.29, 0.717) is 32.9 Å². The summed E-state index contributed by atoms with van der Waals surface area (Å²) in [7, 11) is 1.75. The van der Waals surface area contributed by atoms with E-state index in [1.807, 2.05) is 32.0 Å². The van der Waals surface area contributed by atoms with E-state index in [2.05, 4.69) is 59.0 Å². The summed E-state index contributed by atoms with van der Waals surface area (Å²) in [6.07, 6.45) is 1.42. The number of aromatic hydroxyl groups is 1. The predicted molar refractivity (Wildman–Crippen MR) is 171 cm³/mol. The first-order valence-corrected chi connectivity index (χ1v) is 14.6. The molecule has 2 N–H and O–H groups in total. The average Bonchev–Trinajstić information content (AvgIpc) is 2.83. The lowest BCUT2D eigenvalue weighted by Crippen LogP contribution is -2.45. The Morgan fingerprint density at radius 1 is 0.800 bits per heavy atom. The molecule has 3 rings (SSSR count). The number of phenols is 1. The van der Waals surface area contributed by atoms with Gasteiger partial charge < -0.3 is 15.3 Å². The van der Waals surface area contributed by atoms with Crippen molar-refractivity contribution in [3.8, 4) is 5.75 Å². The van der Waals surface area contributed by atoms with Gasteiger partial charge in [0.05, 0.1) is 15.6 Å². The van der Waals surface area contributed by atoms with Gasteiger partial charge in [-0.2, -0.15) is 0 Å². The lowest BCUT2D eigenvalue weighted by molar-refractivity contribution is 0.168. The van der Waals surface area contributed by atoms with E-state index in [1.165, 1.54) is 0 Å². The lowest BCUT2D eigenvalue weighted by atomic mass is 9.78. The average molecular weight is 604 g/mol. The number of nitrogens with one attached hydrogen (secondary N) is 1. The quantitative estimate of drug-likeness (QED) is 0.294. The number of nitrogens with zero attached hydrogens (tertiary/aromatic N) is 1. The first kappa shape index (κ1) is 32.1. The van der Waals surface area contributed by atoms with Gasteiger partial charge in [-0.15, -0.1) is 0 Å². The number of hydrogen-bond acceptors (Lipinski definition) is 2. The topological polar surface area (TPSA) is 52.6 Å². The third-order valence-corrected chi connectivity index (χ3v) is 8.53. The smallest absolute Gasteiger partial charge is 0.322 e. The number of aryl methyl sites for hydroxylation is 2. The highest BCUT2D eigenvalue weighted by Crippen LogP contribution is 2.40. The molecule has 0 aliphatic carbocycles. The van der Waals surface area contributed by atoms with Crippen molar-refractivity contribution in [3.63, 3.8) is 0 Å². The Kier molecular flexibility index (Phi) is 9.50. The number of anilines is 1. The van der Waals surface area contributed by atoms with Gasteiger partial charge in [0.1, 0.15) is 5.75 Å². The van der Waals surface area contributed by atoms with Gasteiger partial charge in [-0.3, -0.25) is 0 Å². The number of carbonyl (C=O) groups excluding carboxylic acids is 1. The maximum atomic E-state index is 13.5. The van der Waals surface area contributed by atoms with Crippen LogP contribution in [0.3, 0.4) is 0 Å². The van der Waals surface area contributed by atoms with Crippen molar-refractivity contribution in [1.29, 1.82) is 0 Å². The van der Waals surface area contributed by atoms with Crippen molar-refractivity contribution in [3.05, 3.63) is 91.4 Å². The van der Waals surface area contributed by atoms with E-state index in [4.69, 9.17) is 34.8 Å². The molecule has 0 radical (unpaired) electrons. The van der Waals surface area contributed by atoms with Crippen LogP contribution in [0.15, 0.2) is 48.5 Å². The van der Waals surface area contributed by atoms with Gasteiger partial charge in [0, 0.05) is 17.8 Å². The van der Waals surface area contributed by atoms with Gasteiger partial charge in [0.15, 0.2) is 0 Å². The zero-order valence-corrected chi connectivity index (χ0v) is 27.2. The van der Waals surface area contributed by atoms with E-state index < -0.39 is 5.54 Å². The molecule has 3 aromatic rings. The van der Waals surface area contributed by atoms with E-state index >= 15 is 0 Å². The molecule has 40 heavy (non-hydrogen) atoms. The Morgan fingerprint density at radius 3 is 1.90 bits per heavy atom. The van der Waals surface area contributed by atoms with Crippen molar-refractivity contribution < 1.29 is 9.90 Å². The molecule has 0 bridgehead atoms. The Bertz CT molecular complexity index is 1370. The lowest BCUT2D eigenvalue weighted by Gasteiger charge is -2.36. The normalized spacial score (nSPS) is 12.4. The van der Waals surface area contributed by atoms with Crippen molar-refractivity contribution >= 4 is 46.5 Å². The van der Waals surface area contributed by atoms with E-state index in [0.717, 1.165) is 34.2 Å². The largest absolute Gasteiger partial charge is 0.507 e. The van der Waals surface area contributed by atoms with Crippen LogP contribution in [-0.2, 0) is 29.2 Å². The maximum absolute atomic E-state index is 13.5. The standard InChI is InChI=1S/C33H41Cl3N2O2/c1-31(2,3)24-16-20(17-25(29(24)39)32(4,5)6)10-11-21-12-14-23(34)19-28(21)37-30(40)38(9)33(7,8)22-13-15-26(35)27(36)18-22/h12-19,39H,10-11H2,1-9H3,(H,37,40). The Morgan fingerprint density at radius 2 is 1.38 bits per heavy atom. The predicted octanol–water partition coefficient (Wildman–Crippen LogP) is 10.1. The highest BCUT2D eigenvalue weighted by molar-refractivity contribution is 6.42. The van der Waals surface area contributed by atoms with Crippen LogP contribution in [0.1, 0.15) is 83.2 Å². The second kappa shape index (κ2) is 11.8. The van der Waals surface area contributed by atoms with Gasteiger partial charge in [-0.05, 0) is 89.6 Å². The van der Waals surface area contributed by atoms with Crippen LogP contribution < -0.4 is 5.32 Å². The molecule has 0 heterocycles. The van der Waals surface area contributed by atoms with Gasteiger partial charge in [0.2, 0.25) is 0 Å². The molecule has 216 valence electrons. The SMILES string of the molecule is CN(C(=O)Nc1cc(Cl)ccc1CCc1cc(C(C)(C)C)c(O)c(C(C)(C)C)c1)C(C)(C)c1ccc(Cl)c(Cl)c1. The monoisotopic (exact) mass is 602 g/mol. The fourth-order valence-corrected chi connectivity index (χ4v) is 5.14. The summed E-state index contributed by atoms with van der Waals surface area (Å²) in [5.41, 5.74) is 4.45. The van der Waals surface area contributed by atoms with Gasteiger partial charge in [0.25, 0.3) is 0 Å². The summed E-state index contributed by atoms with van der Waals surface area (Å²) in [5.74, 6) is 0.371. The van der Waals surface area contributed by atoms with Gasteiger partial charge in [-0.25, -0.2) is 4.79 Å². The minimum atomic E-state index is -0.657. The molecule has 0 saturated heterocycles. The van der Waals surface area contributed by atoms with Gasteiger partial charge in [-0.1, -0.05) is 101 Å². The molecule has 0 atom stereocenters. The molecule has 3 aromatic carbocycles. The number of phenolic OH excluding ortho intramolecular Hbond substituents is 1. The number of benzene rings is 3. The molecule has 0 unspecified atom stereocenters. The summed E-state index contributed by atoms with van der Waals surface area (Å²) in [6.45, 7) is 16.6. The molecule has 0 spiro atoms. The molecule has 0 aliphatic heterocycles. The molecular weight excluding hydrogens is 563 g/mol. The van der Waals surface area contributed by atoms with E-state index in [9.17, 15) is 9.90 Å². The minimum absolute atomic E-state index is 0.203. The number of carbonyl (C=O) groups is 1. The second-order valence-electron chi connectivity index (χ2n) is 13.0. The van der Waals surface area contributed by atoms with Crippen molar-refractivity contribution in [2.45, 2.75) is 84.6 Å². The third-order valence-electron chi connectivity index (χ3n) is 7.55. The maximum Gasteiger partial charge on any atom is 0.322 e. The zero-order valence-electron chi connectivity index (χ0n) is 25.0. The number of rotatable bonds is 6. The molecule has 0 saturated carbocycles. The Hall–Kier alpha value is -2.40. The summed E-state index contributed by atoms with van der Waals surface area (Å²) < 4.78 is 0. The first-order chi connectivity index (χ1) is 18.3. The first-order valence-electron chi connectivity index (χ1n) is 13.5. The van der Waals surface area contributed by atoms with Gasteiger partial charge >= 0.3 is 6.03 Å².